The van der Waals surface area contributed by atoms with Crippen LogP contribution in [0, 0.1) is 0 Å². The van der Waals surface area contributed by atoms with Crippen molar-refractivity contribution in [1.29, 1.82) is 0 Å². The van der Waals surface area contributed by atoms with Crippen molar-refractivity contribution in [3.8, 4) is 6.08 Å². The van der Waals surface area contributed by atoms with Crippen molar-refractivity contribution in [3.05, 3.63) is 35.9 Å². The first-order chi connectivity index (χ1) is 12.9. The number of hydrogen-bond donors (Lipinski definition) is 2. The second-order valence-corrected chi connectivity index (χ2v) is 7.16. The van der Waals surface area contributed by atoms with Crippen LogP contribution >= 0.6 is 0 Å². The molecule has 2 bridgehead atoms. The number of carbonyl (C=O) groups is 2. The van der Waals surface area contributed by atoms with Gasteiger partial charge in [-0.3, -0.25) is 4.90 Å². The van der Waals surface area contributed by atoms with Crippen molar-refractivity contribution in [1.82, 2.24) is 9.88 Å². The summed E-state index contributed by atoms with van der Waals surface area (Å²) in [7, 11) is 1.85. The Morgan fingerprint density at radius 3 is 2.85 bits per heavy atom. The lowest BCUT2D eigenvalue weighted by Crippen LogP contribution is -2.55. The Bertz CT molecular complexity index is 902. The summed E-state index contributed by atoms with van der Waals surface area (Å²) < 4.78 is 11.6. The van der Waals surface area contributed by atoms with Crippen molar-refractivity contribution in [2.45, 2.75) is 43.4 Å². The van der Waals surface area contributed by atoms with E-state index < -0.39 is 17.5 Å². The van der Waals surface area contributed by atoms with Crippen LogP contribution in [0.25, 0.3) is 11.1 Å². The molecule has 2 N–H and O–H groups in total. The van der Waals surface area contributed by atoms with Gasteiger partial charge in [-0.05, 0) is 32.0 Å². The summed E-state index contributed by atoms with van der Waals surface area (Å²) in [6.07, 6.45) is 3.09. The normalized spacial score (nSPS) is 28.4. The number of carboxylic acid groups (broad SMARTS) is 2. The zero-order chi connectivity index (χ0) is 19.2. The second-order valence-electron chi connectivity index (χ2n) is 7.16. The number of nitrogens with zero attached hydrogens (tertiary/aromatic N) is 2. The summed E-state index contributed by atoms with van der Waals surface area (Å²) in [4.78, 5) is 29.3. The van der Waals surface area contributed by atoms with Gasteiger partial charge < -0.3 is 19.4 Å². The van der Waals surface area contributed by atoms with E-state index in [2.05, 4.69) is 4.98 Å². The molecule has 1 aromatic heterocycles. The third-order valence-corrected chi connectivity index (χ3v) is 5.76. The fourth-order valence-corrected chi connectivity index (χ4v) is 4.50. The highest BCUT2D eigenvalue weighted by molar-refractivity contribution is 5.96. The van der Waals surface area contributed by atoms with E-state index in [0.717, 1.165) is 12.5 Å². The monoisotopic (exact) mass is 372 g/mol. The molecule has 2 fully saturated rings. The number of hydrogen-bond acceptors (Lipinski definition) is 6. The Labute approximate surface area is 155 Å². The number of aromatic nitrogens is 1. The van der Waals surface area contributed by atoms with E-state index >= 15 is 0 Å². The quantitative estimate of drug-likeness (QED) is 0.769. The number of aliphatic carboxylic acids is 2. The van der Waals surface area contributed by atoms with E-state index in [1.807, 2.05) is 30.1 Å². The maximum Gasteiger partial charge on any atom is 0.394 e. The molecule has 0 aliphatic carbocycles. The molecule has 2 aliphatic rings. The first-order valence-corrected chi connectivity index (χ1v) is 8.82. The molecule has 8 nitrogen and oxygen atoms in total. The van der Waals surface area contributed by atoms with Gasteiger partial charge in [0, 0.05) is 25.0 Å². The number of para-hydroxylation sites is 2. The number of rotatable bonds is 5. The van der Waals surface area contributed by atoms with Crippen LogP contribution in [0.1, 0.15) is 25.7 Å². The first kappa shape index (κ1) is 17.5. The maximum atomic E-state index is 11.8. The third kappa shape index (κ3) is 2.95. The number of carboxylic acids is 2. The summed E-state index contributed by atoms with van der Waals surface area (Å²) >= 11 is 0. The predicted octanol–water partition coefficient (Wildman–Crippen LogP) is 2.30. The van der Waals surface area contributed by atoms with E-state index in [0.29, 0.717) is 30.4 Å². The Morgan fingerprint density at radius 1 is 1.37 bits per heavy atom. The zero-order valence-corrected chi connectivity index (χ0v) is 14.8. The van der Waals surface area contributed by atoms with Gasteiger partial charge in [-0.15, -0.1) is 0 Å². The average molecular weight is 372 g/mol. The maximum absolute atomic E-state index is 11.8. The molecule has 2 aromatic rings. The van der Waals surface area contributed by atoms with E-state index in [9.17, 15) is 14.7 Å². The zero-order valence-electron chi connectivity index (χ0n) is 14.8. The lowest BCUT2D eigenvalue weighted by atomic mass is 9.80. The van der Waals surface area contributed by atoms with E-state index in [4.69, 9.17) is 14.3 Å². The summed E-state index contributed by atoms with van der Waals surface area (Å²) in [5.41, 5.74) is 0.334. The van der Waals surface area contributed by atoms with Crippen LogP contribution in [0.15, 0.2) is 40.3 Å². The molecule has 2 saturated heterocycles. The summed E-state index contributed by atoms with van der Waals surface area (Å²) in [5, 5.41) is 18.8. The minimum Gasteiger partial charge on any atom is -0.478 e. The average Bonchev–Trinajstić information content (AvgIpc) is 3.08. The number of oxazole rings is 1. The SMILES string of the molecule is CN1C2CCC1(/C(=C\C(=O)O)C(=O)O)CC(Oc1nc3ccccc3o1)C2. The molecule has 142 valence electrons. The van der Waals surface area contributed by atoms with Crippen molar-refractivity contribution < 1.29 is 29.0 Å². The first-order valence-electron chi connectivity index (χ1n) is 8.82. The minimum atomic E-state index is -1.26. The van der Waals surface area contributed by atoms with E-state index in [1.165, 1.54) is 0 Å². The molecule has 3 unspecified atom stereocenters. The highest BCUT2D eigenvalue weighted by atomic mass is 16.6. The molecular weight excluding hydrogens is 352 g/mol. The summed E-state index contributed by atoms with van der Waals surface area (Å²) in [6.45, 7) is 0. The second kappa shape index (κ2) is 6.38. The lowest BCUT2D eigenvalue weighted by molar-refractivity contribution is -0.137. The molecule has 2 aliphatic heterocycles. The van der Waals surface area contributed by atoms with Crippen molar-refractivity contribution in [2.24, 2.45) is 0 Å². The van der Waals surface area contributed by atoms with Gasteiger partial charge in [-0.2, -0.15) is 4.98 Å². The Kier molecular flexibility index (Phi) is 4.15. The molecule has 0 amide bonds. The van der Waals surface area contributed by atoms with Gasteiger partial charge in [0.05, 0.1) is 11.1 Å². The fraction of sp³-hybridized carbons (Fsp3) is 0.421. The number of ether oxygens (including phenoxy) is 1. The molecule has 3 atom stereocenters. The van der Waals surface area contributed by atoms with Crippen LogP contribution in [0.2, 0.25) is 0 Å². The highest BCUT2D eigenvalue weighted by Gasteiger charge is 2.54. The number of piperidine rings is 1. The van der Waals surface area contributed by atoms with Crippen molar-refractivity contribution in [2.75, 3.05) is 7.05 Å². The molecule has 0 saturated carbocycles. The predicted molar refractivity (Wildman–Crippen MR) is 94.5 cm³/mol. The van der Waals surface area contributed by atoms with Crippen LogP contribution in [0.5, 0.6) is 6.08 Å². The van der Waals surface area contributed by atoms with Crippen LogP contribution in [0.4, 0.5) is 0 Å². The Balaban J connectivity index is 1.63. The van der Waals surface area contributed by atoms with Gasteiger partial charge in [0.15, 0.2) is 5.58 Å². The summed E-state index contributed by atoms with van der Waals surface area (Å²) in [5.74, 6) is -2.48. The largest absolute Gasteiger partial charge is 0.478 e. The van der Waals surface area contributed by atoms with Crippen molar-refractivity contribution >= 4 is 23.0 Å². The smallest absolute Gasteiger partial charge is 0.394 e. The van der Waals surface area contributed by atoms with Gasteiger partial charge >= 0.3 is 18.0 Å². The van der Waals surface area contributed by atoms with Crippen molar-refractivity contribution in [3.63, 3.8) is 0 Å². The van der Waals surface area contributed by atoms with Crippen LogP contribution in [-0.2, 0) is 9.59 Å². The number of fused-ring (bicyclic) bond motifs is 3. The highest BCUT2D eigenvalue weighted by Crippen LogP contribution is 2.48. The van der Waals surface area contributed by atoms with Gasteiger partial charge in [0.25, 0.3) is 0 Å². The topological polar surface area (TPSA) is 113 Å². The summed E-state index contributed by atoms with van der Waals surface area (Å²) in [6, 6.07) is 7.44. The number of likely N-dealkylation sites (N-methyl/N-ethyl adjacent to an activating group) is 1. The molecule has 3 heterocycles. The van der Waals surface area contributed by atoms with Gasteiger partial charge in [-0.1, -0.05) is 12.1 Å². The molecule has 0 radical (unpaired) electrons. The Hall–Kier alpha value is -2.87. The molecule has 4 rings (SSSR count). The van der Waals surface area contributed by atoms with Gasteiger partial charge in [-0.25, -0.2) is 9.59 Å². The minimum absolute atomic E-state index is 0.106. The molecular formula is C19H20N2O6. The van der Waals surface area contributed by atoms with Crippen LogP contribution in [-0.4, -0.2) is 56.8 Å². The van der Waals surface area contributed by atoms with E-state index in [1.54, 1.807) is 6.07 Å². The van der Waals surface area contributed by atoms with Gasteiger partial charge in [0.2, 0.25) is 0 Å². The standard InChI is InChI=1S/C19H20N2O6/c1-21-11-6-7-19(21,13(17(24)25)9-16(22)23)10-12(8-11)26-18-20-14-4-2-3-5-15(14)27-18/h2-5,9,11-12H,6-8,10H2,1H3,(H,22,23)(H,24,25)/b13-9-. The van der Waals surface area contributed by atoms with E-state index in [-0.39, 0.29) is 23.8 Å². The third-order valence-electron chi connectivity index (χ3n) is 5.76. The Morgan fingerprint density at radius 2 is 2.15 bits per heavy atom. The van der Waals surface area contributed by atoms with Crippen LogP contribution in [0.3, 0.4) is 0 Å². The molecule has 0 spiro atoms. The molecule has 27 heavy (non-hydrogen) atoms. The van der Waals surface area contributed by atoms with Crippen LogP contribution < -0.4 is 4.74 Å². The molecule has 1 aromatic carbocycles. The fourth-order valence-electron chi connectivity index (χ4n) is 4.50. The molecule has 8 heteroatoms. The lowest BCUT2D eigenvalue weighted by Gasteiger charge is -2.45. The van der Waals surface area contributed by atoms with Gasteiger partial charge in [0.1, 0.15) is 11.6 Å². The number of benzene rings is 1.